The summed E-state index contributed by atoms with van der Waals surface area (Å²) < 4.78 is 2.10. The predicted octanol–water partition coefficient (Wildman–Crippen LogP) is 4.53. The van der Waals surface area contributed by atoms with Crippen molar-refractivity contribution >= 4 is 34.4 Å². The van der Waals surface area contributed by atoms with E-state index in [1.165, 1.54) is 30.6 Å². The second kappa shape index (κ2) is 6.16. The number of fused-ring (bicyclic) bond motifs is 1. The number of benzene rings is 1. The van der Waals surface area contributed by atoms with Crippen LogP contribution in [0.2, 0.25) is 0 Å². The quantitative estimate of drug-likeness (QED) is 0.740. The lowest BCUT2D eigenvalue weighted by Gasteiger charge is -2.16. The highest BCUT2D eigenvalue weighted by atomic mass is 32.2. The van der Waals surface area contributed by atoms with Crippen molar-refractivity contribution in [2.24, 2.45) is 0 Å². The van der Waals surface area contributed by atoms with Gasteiger partial charge >= 0.3 is 0 Å². The molecule has 3 aromatic rings. The second-order valence-electron chi connectivity index (χ2n) is 6.00. The Hall–Kier alpha value is -2.14. The molecule has 0 radical (unpaired) electrons. The number of hydrogen-bond donors (Lipinski definition) is 2. The minimum absolute atomic E-state index is 0.535. The van der Waals surface area contributed by atoms with E-state index in [0.717, 1.165) is 22.4 Å². The zero-order valence-electron chi connectivity index (χ0n) is 12.9. The molecule has 1 saturated carbocycles. The molecule has 0 atom stereocenters. The van der Waals surface area contributed by atoms with Crippen LogP contribution >= 0.6 is 11.9 Å². The number of hydrogen-bond acceptors (Lipinski definition) is 4. The van der Waals surface area contributed by atoms with E-state index in [1.54, 1.807) is 18.1 Å². The van der Waals surface area contributed by atoms with E-state index in [4.69, 9.17) is 5.73 Å². The number of aromatic nitrogens is 2. The van der Waals surface area contributed by atoms with Gasteiger partial charge in [0.2, 0.25) is 0 Å². The molecular weight excluding hydrogens is 304 g/mol. The summed E-state index contributed by atoms with van der Waals surface area (Å²) in [6, 6.07) is 13.0. The van der Waals surface area contributed by atoms with Gasteiger partial charge in [-0.25, -0.2) is 4.98 Å². The Morgan fingerprint density at radius 2 is 1.91 bits per heavy atom. The van der Waals surface area contributed by atoms with Crippen molar-refractivity contribution in [1.82, 2.24) is 8.96 Å². The first-order valence-corrected chi connectivity index (χ1v) is 8.84. The van der Waals surface area contributed by atoms with E-state index in [2.05, 4.69) is 38.7 Å². The Morgan fingerprint density at radius 1 is 1.13 bits per heavy atom. The molecule has 1 aromatic carbocycles. The molecular formula is C18H20N4S. The largest absolute Gasteiger partial charge is 0.396 e. The van der Waals surface area contributed by atoms with Gasteiger partial charge in [-0.3, -0.25) is 3.97 Å². The standard InChI is InChI=1S/C18H20N4S/c19-16-12-20-18-15(17(16)21-13-6-4-5-7-13)10-11-22(18)23-14-8-2-1-3-9-14/h1-3,8-13H,4-7,19H2,(H,20,21). The van der Waals surface area contributed by atoms with Crippen molar-refractivity contribution in [3.8, 4) is 0 Å². The van der Waals surface area contributed by atoms with Crippen LogP contribution in [0.4, 0.5) is 11.4 Å². The van der Waals surface area contributed by atoms with Crippen LogP contribution in [0.3, 0.4) is 0 Å². The summed E-state index contributed by atoms with van der Waals surface area (Å²) >= 11 is 1.67. The molecule has 3 N–H and O–H groups in total. The molecule has 0 saturated heterocycles. The molecule has 0 unspecified atom stereocenters. The van der Waals surface area contributed by atoms with Crippen LogP contribution in [0.5, 0.6) is 0 Å². The Labute approximate surface area is 140 Å². The zero-order valence-corrected chi connectivity index (χ0v) is 13.7. The van der Waals surface area contributed by atoms with Crippen LogP contribution in [0.25, 0.3) is 11.0 Å². The SMILES string of the molecule is Nc1cnc2c(ccn2Sc2ccccc2)c1NC1CCCC1. The highest BCUT2D eigenvalue weighted by Gasteiger charge is 2.18. The molecule has 4 rings (SSSR count). The molecule has 0 aliphatic heterocycles. The smallest absolute Gasteiger partial charge is 0.152 e. The van der Waals surface area contributed by atoms with Crippen LogP contribution in [0, 0.1) is 0 Å². The third-order valence-electron chi connectivity index (χ3n) is 4.36. The van der Waals surface area contributed by atoms with Crippen LogP contribution in [0.1, 0.15) is 25.7 Å². The number of nitrogen functional groups attached to an aromatic ring is 1. The second-order valence-corrected chi connectivity index (χ2v) is 7.04. The molecule has 2 heterocycles. The van der Waals surface area contributed by atoms with E-state index >= 15 is 0 Å². The lowest BCUT2D eigenvalue weighted by Crippen LogP contribution is -2.16. The third kappa shape index (κ3) is 2.88. The van der Waals surface area contributed by atoms with E-state index in [0.29, 0.717) is 6.04 Å². The molecule has 1 fully saturated rings. The van der Waals surface area contributed by atoms with Crippen LogP contribution in [0.15, 0.2) is 53.7 Å². The minimum atomic E-state index is 0.535. The molecule has 23 heavy (non-hydrogen) atoms. The van der Waals surface area contributed by atoms with Gasteiger partial charge in [-0.05, 0) is 43.0 Å². The van der Waals surface area contributed by atoms with Gasteiger partial charge in [-0.2, -0.15) is 0 Å². The van der Waals surface area contributed by atoms with Crippen molar-refractivity contribution < 1.29 is 0 Å². The number of anilines is 2. The van der Waals surface area contributed by atoms with Gasteiger partial charge in [0.15, 0.2) is 5.65 Å². The van der Waals surface area contributed by atoms with Gasteiger partial charge in [-0.15, -0.1) is 0 Å². The fourth-order valence-corrected chi connectivity index (χ4v) is 4.04. The normalized spacial score (nSPS) is 15.3. The predicted molar refractivity (Wildman–Crippen MR) is 97.7 cm³/mol. The van der Waals surface area contributed by atoms with Gasteiger partial charge in [0.25, 0.3) is 0 Å². The summed E-state index contributed by atoms with van der Waals surface area (Å²) in [6.45, 7) is 0. The maximum absolute atomic E-state index is 6.19. The number of nitrogens with two attached hydrogens (primary N) is 1. The Kier molecular flexibility index (Phi) is 3.87. The summed E-state index contributed by atoms with van der Waals surface area (Å²) in [7, 11) is 0. The molecule has 1 aliphatic carbocycles. The van der Waals surface area contributed by atoms with Crippen LogP contribution in [-0.2, 0) is 0 Å². The van der Waals surface area contributed by atoms with Gasteiger partial charge in [-0.1, -0.05) is 31.0 Å². The highest BCUT2D eigenvalue weighted by molar-refractivity contribution is 7.98. The number of nitrogens with zero attached hydrogens (tertiary/aromatic N) is 2. The van der Waals surface area contributed by atoms with Crippen molar-refractivity contribution in [1.29, 1.82) is 0 Å². The Bertz CT molecular complexity index is 807. The van der Waals surface area contributed by atoms with Gasteiger partial charge in [0.1, 0.15) is 0 Å². The minimum Gasteiger partial charge on any atom is -0.396 e. The molecule has 5 heteroatoms. The van der Waals surface area contributed by atoms with Gasteiger partial charge in [0, 0.05) is 22.5 Å². The maximum atomic E-state index is 6.19. The van der Waals surface area contributed by atoms with Gasteiger partial charge in [0.05, 0.1) is 17.6 Å². The topological polar surface area (TPSA) is 55.9 Å². The van der Waals surface area contributed by atoms with Crippen molar-refractivity contribution in [2.75, 3.05) is 11.1 Å². The monoisotopic (exact) mass is 324 g/mol. The number of pyridine rings is 1. The molecule has 2 aromatic heterocycles. The van der Waals surface area contributed by atoms with Crippen LogP contribution < -0.4 is 11.1 Å². The lowest BCUT2D eigenvalue weighted by molar-refractivity contribution is 0.757. The summed E-state index contributed by atoms with van der Waals surface area (Å²) in [4.78, 5) is 5.74. The van der Waals surface area contributed by atoms with Gasteiger partial charge < -0.3 is 11.1 Å². The first-order valence-electron chi connectivity index (χ1n) is 8.07. The van der Waals surface area contributed by atoms with E-state index < -0.39 is 0 Å². The van der Waals surface area contributed by atoms with E-state index in [9.17, 15) is 0 Å². The maximum Gasteiger partial charge on any atom is 0.152 e. The fraction of sp³-hybridized carbons (Fsp3) is 0.278. The van der Waals surface area contributed by atoms with Crippen LogP contribution in [-0.4, -0.2) is 15.0 Å². The molecule has 1 aliphatic rings. The molecule has 0 spiro atoms. The van der Waals surface area contributed by atoms with E-state index in [1.807, 2.05) is 18.2 Å². The summed E-state index contributed by atoms with van der Waals surface area (Å²) in [5, 5.41) is 4.74. The summed E-state index contributed by atoms with van der Waals surface area (Å²) in [5.74, 6) is 0. The summed E-state index contributed by atoms with van der Waals surface area (Å²) in [6.07, 6.45) is 8.88. The molecule has 0 amide bonds. The van der Waals surface area contributed by atoms with Crippen molar-refractivity contribution in [3.63, 3.8) is 0 Å². The average molecular weight is 324 g/mol. The van der Waals surface area contributed by atoms with Crippen molar-refractivity contribution in [3.05, 3.63) is 48.8 Å². The third-order valence-corrected chi connectivity index (χ3v) is 5.34. The molecule has 0 bridgehead atoms. The number of nitrogens with one attached hydrogen (secondary N) is 1. The molecule has 118 valence electrons. The van der Waals surface area contributed by atoms with Crippen molar-refractivity contribution in [2.45, 2.75) is 36.6 Å². The first kappa shape index (κ1) is 14.5. The average Bonchev–Trinajstić information content (AvgIpc) is 3.21. The fourth-order valence-electron chi connectivity index (χ4n) is 3.18. The Balaban J connectivity index is 1.69. The zero-order chi connectivity index (χ0) is 15.6. The summed E-state index contributed by atoms with van der Waals surface area (Å²) in [5.41, 5.74) is 8.90. The highest BCUT2D eigenvalue weighted by Crippen LogP contribution is 2.34. The lowest BCUT2D eigenvalue weighted by atomic mass is 10.2. The van der Waals surface area contributed by atoms with E-state index in [-0.39, 0.29) is 0 Å². The first-order chi connectivity index (χ1) is 11.3. The Morgan fingerprint density at radius 3 is 2.70 bits per heavy atom. The number of rotatable bonds is 4. The molecule has 4 nitrogen and oxygen atoms in total.